The molecule has 1 aromatic rings. The number of nitrogens with two attached hydrogens (primary N) is 1. The zero-order chi connectivity index (χ0) is 22.8. The second kappa shape index (κ2) is 9.75. The fourth-order valence-electron chi connectivity index (χ4n) is 7.55. The van der Waals surface area contributed by atoms with Crippen LogP contribution in [0.3, 0.4) is 0 Å². The molecule has 1 aromatic carbocycles. The molecule has 1 aliphatic heterocycles. The highest BCUT2D eigenvalue weighted by atomic mass is 16.2. The van der Waals surface area contributed by atoms with Gasteiger partial charge in [0.25, 0.3) is 0 Å². The van der Waals surface area contributed by atoms with Gasteiger partial charge in [-0.2, -0.15) is 0 Å². The molecule has 5 fully saturated rings. The summed E-state index contributed by atoms with van der Waals surface area (Å²) in [6.45, 7) is 1.22. The molecule has 1 saturated heterocycles. The van der Waals surface area contributed by atoms with Crippen LogP contribution in [0.25, 0.3) is 0 Å². The fourth-order valence-corrected chi connectivity index (χ4v) is 7.55. The molecule has 180 valence electrons. The summed E-state index contributed by atoms with van der Waals surface area (Å²) in [6.07, 6.45) is 14.5. The number of carbonyl (C=O) groups is 2. The van der Waals surface area contributed by atoms with E-state index >= 15 is 0 Å². The Kier molecular flexibility index (Phi) is 6.75. The maximum Gasteiger partial charge on any atom is 0.328 e. The van der Waals surface area contributed by atoms with E-state index in [-0.39, 0.29) is 11.9 Å². The summed E-state index contributed by atoms with van der Waals surface area (Å²) in [5.74, 6) is 2.55. The number of hydrogen-bond acceptors (Lipinski definition) is 4. The van der Waals surface area contributed by atoms with E-state index in [0.29, 0.717) is 24.5 Å². The van der Waals surface area contributed by atoms with Crippen molar-refractivity contribution in [2.75, 3.05) is 18.0 Å². The smallest absolute Gasteiger partial charge is 0.328 e. The number of anilines is 1. The van der Waals surface area contributed by atoms with Gasteiger partial charge in [0.15, 0.2) is 0 Å². The van der Waals surface area contributed by atoms with Gasteiger partial charge in [0.1, 0.15) is 0 Å². The van der Waals surface area contributed by atoms with Crippen LogP contribution in [0.15, 0.2) is 24.3 Å². The first-order valence-corrected chi connectivity index (χ1v) is 13.2. The monoisotopic (exact) mass is 452 g/mol. The number of amides is 3. The number of urea groups is 1. The average Bonchev–Trinajstić information content (AvgIpc) is 2.77. The summed E-state index contributed by atoms with van der Waals surface area (Å²) in [7, 11) is 0. The van der Waals surface area contributed by atoms with Gasteiger partial charge in [0, 0.05) is 30.2 Å². The lowest BCUT2D eigenvalue weighted by molar-refractivity contribution is -0.120. The van der Waals surface area contributed by atoms with Crippen LogP contribution >= 0.6 is 0 Å². The number of imide groups is 1. The molecular weight excluding hydrogens is 412 g/mol. The second-order valence-corrected chi connectivity index (χ2v) is 11.2. The molecule has 1 heterocycles. The molecule has 0 aromatic heterocycles. The molecule has 4 bridgehead atoms. The second-order valence-electron chi connectivity index (χ2n) is 11.2. The van der Waals surface area contributed by atoms with Crippen LogP contribution in [0.1, 0.15) is 88.7 Å². The van der Waals surface area contributed by atoms with Crippen molar-refractivity contribution in [1.29, 1.82) is 0 Å². The molecule has 4 N–H and O–H groups in total. The number of carbonyl (C=O) groups excluding carboxylic acids is 2. The molecule has 5 aliphatic rings. The Hall–Kier alpha value is -1.92. The van der Waals surface area contributed by atoms with Gasteiger partial charge < -0.3 is 11.1 Å². The lowest BCUT2D eigenvalue weighted by Crippen LogP contribution is -2.59. The van der Waals surface area contributed by atoms with Crippen LogP contribution in [0.5, 0.6) is 0 Å². The van der Waals surface area contributed by atoms with E-state index in [9.17, 15) is 9.59 Å². The molecule has 4 saturated carbocycles. The number of benzene rings is 1. The minimum Gasteiger partial charge on any atom is -0.330 e. The summed E-state index contributed by atoms with van der Waals surface area (Å²) in [5.41, 5.74) is 8.14. The van der Waals surface area contributed by atoms with Crippen LogP contribution in [-0.4, -0.2) is 30.6 Å². The predicted molar refractivity (Wildman–Crippen MR) is 131 cm³/mol. The average molecular weight is 453 g/mol. The number of nitrogens with zero attached hydrogens (tertiary/aromatic N) is 1. The van der Waals surface area contributed by atoms with Gasteiger partial charge in [-0.3, -0.25) is 15.0 Å². The predicted octanol–water partition coefficient (Wildman–Crippen LogP) is 4.64. The van der Waals surface area contributed by atoms with Gasteiger partial charge in [-0.25, -0.2) is 4.79 Å². The largest absolute Gasteiger partial charge is 0.330 e. The molecule has 0 spiro atoms. The molecule has 6 nitrogen and oxygen atoms in total. The fraction of sp³-hybridized carbons (Fsp3) is 0.704. The van der Waals surface area contributed by atoms with Crippen molar-refractivity contribution in [3.63, 3.8) is 0 Å². The summed E-state index contributed by atoms with van der Waals surface area (Å²) >= 11 is 0. The molecule has 1 atom stereocenters. The molecule has 33 heavy (non-hydrogen) atoms. The summed E-state index contributed by atoms with van der Waals surface area (Å²) in [4.78, 5) is 25.7. The van der Waals surface area contributed by atoms with E-state index in [4.69, 9.17) is 5.73 Å². The zero-order valence-corrected chi connectivity index (χ0v) is 19.9. The van der Waals surface area contributed by atoms with Crippen LogP contribution in [0, 0.1) is 17.8 Å². The van der Waals surface area contributed by atoms with Gasteiger partial charge >= 0.3 is 6.03 Å². The normalized spacial score (nSPS) is 31.7. The third-order valence-corrected chi connectivity index (χ3v) is 8.60. The highest BCUT2D eigenvalue weighted by molar-refractivity contribution is 6.05. The third kappa shape index (κ3) is 5.12. The van der Waals surface area contributed by atoms with Gasteiger partial charge in [-0.1, -0.05) is 31.4 Å². The maximum absolute atomic E-state index is 12.4. The van der Waals surface area contributed by atoms with E-state index in [2.05, 4.69) is 28.8 Å². The summed E-state index contributed by atoms with van der Waals surface area (Å²) in [5, 5.41) is 6.67. The van der Waals surface area contributed by atoms with Gasteiger partial charge in [-0.05, 0) is 93.4 Å². The van der Waals surface area contributed by atoms with E-state index in [1.165, 1.54) is 63.4 Å². The van der Waals surface area contributed by atoms with Crippen molar-refractivity contribution < 1.29 is 9.59 Å². The number of rotatable bonds is 10. The van der Waals surface area contributed by atoms with Crippen molar-refractivity contribution in [1.82, 2.24) is 10.6 Å². The van der Waals surface area contributed by atoms with E-state index in [1.807, 2.05) is 6.07 Å². The first kappa shape index (κ1) is 22.9. The quantitative estimate of drug-likeness (QED) is 0.451. The lowest BCUT2D eigenvalue weighted by Gasteiger charge is -2.58. The van der Waals surface area contributed by atoms with Crippen LogP contribution in [0.2, 0.25) is 0 Å². The SMILES string of the molecule is NCCCCCCC(NC12CC3CC(CC(C3)C1)C2)c1cccc(N2CCC(=O)NC2=O)c1. The Labute approximate surface area is 198 Å². The Morgan fingerprint density at radius 1 is 1.03 bits per heavy atom. The van der Waals surface area contributed by atoms with E-state index in [1.54, 1.807) is 4.90 Å². The third-order valence-electron chi connectivity index (χ3n) is 8.60. The molecule has 4 aliphatic carbocycles. The minimum absolute atomic E-state index is 0.189. The van der Waals surface area contributed by atoms with Crippen molar-refractivity contribution in [3.05, 3.63) is 29.8 Å². The maximum atomic E-state index is 12.4. The first-order chi connectivity index (χ1) is 16.0. The highest BCUT2D eigenvalue weighted by Crippen LogP contribution is 2.56. The van der Waals surface area contributed by atoms with Crippen LogP contribution in [0.4, 0.5) is 10.5 Å². The Balaban J connectivity index is 1.34. The lowest BCUT2D eigenvalue weighted by atomic mass is 9.53. The number of hydrogen-bond donors (Lipinski definition) is 3. The molecule has 1 unspecified atom stereocenters. The first-order valence-electron chi connectivity index (χ1n) is 13.2. The standard InChI is InChI=1S/C27H40N4O2/c28-10-4-2-1-3-8-24(30-27-16-19-12-20(17-27)14-21(13-19)18-27)22-6-5-7-23(15-22)31-11-9-25(32)29-26(31)33/h5-7,15,19-21,24,30H,1-4,8-14,16-18,28H2,(H,29,32,33). The van der Waals surface area contributed by atoms with Gasteiger partial charge in [0.05, 0.1) is 0 Å². The minimum atomic E-state index is -0.309. The molecule has 0 radical (unpaired) electrons. The van der Waals surface area contributed by atoms with Crippen molar-refractivity contribution in [2.45, 2.75) is 88.6 Å². The van der Waals surface area contributed by atoms with Crippen molar-refractivity contribution in [3.8, 4) is 0 Å². The summed E-state index contributed by atoms with van der Waals surface area (Å²) < 4.78 is 0. The molecular formula is C27H40N4O2. The van der Waals surface area contributed by atoms with Crippen LogP contribution < -0.4 is 21.3 Å². The molecule has 3 amide bonds. The molecule has 6 heteroatoms. The zero-order valence-electron chi connectivity index (χ0n) is 19.9. The topological polar surface area (TPSA) is 87.5 Å². The van der Waals surface area contributed by atoms with Crippen molar-refractivity contribution >= 4 is 17.6 Å². The summed E-state index contributed by atoms with van der Waals surface area (Å²) in [6, 6.07) is 8.44. The van der Waals surface area contributed by atoms with Gasteiger partial charge in [0.2, 0.25) is 5.91 Å². The van der Waals surface area contributed by atoms with Crippen molar-refractivity contribution in [2.24, 2.45) is 23.5 Å². The Morgan fingerprint density at radius 2 is 1.73 bits per heavy atom. The Morgan fingerprint density at radius 3 is 2.39 bits per heavy atom. The van der Waals surface area contributed by atoms with Crippen LogP contribution in [-0.2, 0) is 4.79 Å². The molecule has 6 rings (SSSR count). The number of unbranched alkanes of at least 4 members (excludes halogenated alkanes) is 3. The number of nitrogens with one attached hydrogen (secondary N) is 2. The van der Waals surface area contributed by atoms with E-state index in [0.717, 1.165) is 42.8 Å². The van der Waals surface area contributed by atoms with E-state index < -0.39 is 0 Å². The Bertz CT molecular complexity index is 834. The highest BCUT2D eigenvalue weighted by Gasteiger charge is 2.51. The van der Waals surface area contributed by atoms with Gasteiger partial charge in [-0.15, -0.1) is 0 Å².